The Bertz CT molecular complexity index is 592. The summed E-state index contributed by atoms with van der Waals surface area (Å²) in [4.78, 5) is 0. The van der Waals surface area contributed by atoms with Gasteiger partial charge in [0.1, 0.15) is 5.75 Å². The minimum atomic E-state index is 0.189. The molecule has 2 nitrogen and oxygen atoms in total. The van der Waals surface area contributed by atoms with Crippen LogP contribution < -0.4 is 10.5 Å². The van der Waals surface area contributed by atoms with E-state index in [1.165, 1.54) is 28.7 Å². The Morgan fingerprint density at radius 3 is 2.79 bits per heavy atom. The zero-order valence-electron chi connectivity index (χ0n) is 11.2. The molecule has 0 aromatic heterocycles. The third kappa shape index (κ3) is 2.36. The summed E-state index contributed by atoms with van der Waals surface area (Å²) in [7, 11) is 1.70. The molecular formula is C17H19NO. The summed E-state index contributed by atoms with van der Waals surface area (Å²) >= 11 is 0. The van der Waals surface area contributed by atoms with Crippen LogP contribution in [0.5, 0.6) is 5.75 Å². The van der Waals surface area contributed by atoms with Gasteiger partial charge in [-0.1, -0.05) is 24.3 Å². The van der Waals surface area contributed by atoms with Crippen molar-refractivity contribution < 1.29 is 4.74 Å². The van der Waals surface area contributed by atoms with Gasteiger partial charge in [0, 0.05) is 6.04 Å². The van der Waals surface area contributed by atoms with Crippen LogP contribution in [0.2, 0.25) is 0 Å². The Morgan fingerprint density at radius 2 is 1.95 bits per heavy atom. The van der Waals surface area contributed by atoms with Gasteiger partial charge in [0.05, 0.1) is 7.11 Å². The maximum atomic E-state index is 6.22. The summed E-state index contributed by atoms with van der Waals surface area (Å²) in [5, 5.41) is 0. The molecule has 0 aliphatic heterocycles. The first-order chi connectivity index (χ1) is 9.28. The van der Waals surface area contributed by atoms with Crippen molar-refractivity contribution in [2.75, 3.05) is 7.11 Å². The number of aryl methyl sites for hydroxylation is 1. The highest BCUT2D eigenvalue weighted by Crippen LogP contribution is 2.32. The van der Waals surface area contributed by atoms with Crippen LogP contribution in [0.3, 0.4) is 0 Å². The van der Waals surface area contributed by atoms with E-state index in [-0.39, 0.29) is 6.04 Å². The fraction of sp³-hybridized carbons (Fsp3) is 0.294. The smallest absolute Gasteiger partial charge is 0.119 e. The van der Waals surface area contributed by atoms with Gasteiger partial charge >= 0.3 is 0 Å². The van der Waals surface area contributed by atoms with Crippen LogP contribution in [0, 0.1) is 0 Å². The zero-order chi connectivity index (χ0) is 13.2. The van der Waals surface area contributed by atoms with E-state index in [1.54, 1.807) is 7.11 Å². The van der Waals surface area contributed by atoms with E-state index < -0.39 is 0 Å². The van der Waals surface area contributed by atoms with E-state index in [1.807, 2.05) is 12.1 Å². The molecule has 1 aliphatic carbocycles. The SMILES string of the molecule is COc1cccc(-c2ccc3c(c2)C(N)CCC3)c1. The Balaban J connectivity index is 2.03. The summed E-state index contributed by atoms with van der Waals surface area (Å²) < 4.78 is 5.29. The fourth-order valence-corrected chi connectivity index (χ4v) is 2.82. The number of benzene rings is 2. The third-order valence-electron chi connectivity index (χ3n) is 3.91. The van der Waals surface area contributed by atoms with Crippen molar-refractivity contribution >= 4 is 0 Å². The lowest BCUT2D eigenvalue weighted by Gasteiger charge is -2.23. The van der Waals surface area contributed by atoms with Gasteiger partial charge < -0.3 is 10.5 Å². The molecule has 0 amide bonds. The second kappa shape index (κ2) is 5.06. The van der Waals surface area contributed by atoms with Gasteiger partial charge in [-0.25, -0.2) is 0 Å². The van der Waals surface area contributed by atoms with Gasteiger partial charge in [-0.05, 0) is 59.7 Å². The quantitative estimate of drug-likeness (QED) is 0.885. The first-order valence-corrected chi connectivity index (χ1v) is 6.81. The van der Waals surface area contributed by atoms with E-state index in [0.29, 0.717) is 0 Å². The van der Waals surface area contributed by atoms with Gasteiger partial charge in [-0.3, -0.25) is 0 Å². The van der Waals surface area contributed by atoms with Gasteiger partial charge in [-0.15, -0.1) is 0 Å². The van der Waals surface area contributed by atoms with Crippen molar-refractivity contribution in [3.05, 3.63) is 53.6 Å². The van der Waals surface area contributed by atoms with Gasteiger partial charge in [0.15, 0.2) is 0 Å². The standard InChI is InChI=1S/C17H19NO/c1-19-15-6-2-5-13(10-15)14-9-8-12-4-3-7-17(18)16(12)11-14/h2,5-6,8-11,17H,3-4,7,18H2,1H3. The van der Waals surface area contributed by atoms with Crippen LogP contribution in [-0.4, -0.2) is 7.11 Å². The molecule has 0 bridgehead atoms. The highest BCUT2D eigenvalue weighted by Gasteiger charge is 2.17. The molecule has 98 valence electrons. The van der Waals surface area contributed by atoms with E-state index in [9.17, 15) is 0 Å². The third-order valence-corrected chi connectivity index (χ3v) is 3.91. The molecule has 0 radical (unpaired) electrons. The normalized spacial score (nSPS) is 17.9. The first kappa shape index (κ1) is 12.2. The molecular weight excluding hydrogens is 234 g/mol. The van der Waals surface area contributed by atoms with Crippen LogP contribution in [0.15, 0.2) is 42.5 Å². The lowest BCUT2D eigenvalue weighted by atomic mass is 9.86. The molecule has 0 spiro atoms. The van der Waals surface area contributed by atoms with Gasteiger partial charge in [0.25, 0.3) is 0 Å². The Kier molecular flexibility index (Phi) is 3.26. The number of ether oxygens (including phenoxy) is 1. The summed E-state index contributed by atoms with van der Waals surface area (Å²) in [5.74, 6) is 0.888. The van der Waals surface area contributed by atoms with Crippen molar-refractivity contribution in [1.29, 1.82) is 0 Å². The van der Waals surface area contributed by atoms with Crippen LogP contribution in [-0.2, 0) is 6.42 Å². The lowest BCUT2D eigenvalue weighted by molar-refractivity contribution is 0.415. The minimum absolute atomic E-state index is 0.189. The van der Waals surface area contributed by atoms with Crippen molar-refractivity contribution in [2.45, 2.75) is 25.3 Å². The van der Waals surface area contributed by atoms with Crippen LogP contribution in [0.25, 0.3) is 11.1 Å². The average molecular weight is 253 g/mol. The summed E-state index contributed by atoms with van der Waals surface area (Å²) in [5.41, 5.74) is 11.3. The number of hydrogen-bond acceptors (Lipinski definition) is 2. The van der Waals surface area contributed by atoms with Crippen molar-refractivity contribution in [2.24, 2.45) is 5.73 Å². The van der Waals surface area contributed by atoms with Gasteiger partial charge in [-0.2, -0.15) is 0 Å². The predicted octanol–water partition coefficient (Wildman–Crippen LogP) is 3.70. The second-order valence-corrected chi connectivity index (χ2v) is 5.14. The average Bonchev–Trinajstić information content (AvgIpc) is 2.47. The second-order valence-electron chi connectivity index (χ2n) is 5.14. The van der Waals surface area contributed by atoms with E-state index >= 15 is 0 Å². The zero-order valence-corrected chi connectivity index (χ0v) is 11.2. The summed E-state index contributed by atoms with van der Waals surface area (Å²) in [6, 6.07) is 15.0. The van der Waals surface area contributed by atoms with Gasteiger partial charge in [0.2, 0.25) is 0 Å². The molecule has 0 saturated heterocycles. The van der Waals surface area contributed by atoms with E-state index in [0.717, 1.165) is 18.6 Å². The number of nitrogens with two attached hydrogens (primary N) is 1. The molecule has 2 aromatic rings. The van der Waals surface area contributed by atoms with Crippen LogP contribution in [0.4, 0.5) is 0 Å². The Labute approximate surface area is 114 Å². The lowest BCUT2D eigenvalue weighted by Crippen LogP contribution is -2.17. The topological polar surface area (TPSA) is 35.2 Å². The molecule has 3 rings (SSSR count). The highest BCUT2D eigenvalue weighted by molar-refractivity contribution is 5.66. The van der Waals surface area contributed by atoms with E-state index in [2.05, 4.69) is 30.3 Å². The summed E-state index contributed by atoms with van der Waals surface area (Å²) in [6.07, 6.45) is 3.45. The number of hydrogen-bond donors (Lipinski definition) is 1. The maximum Gasteiger partial charge on any atom is 0.119 e. The molecule has 2 aromatic carbocycles. The Morgan fingerprint density at radius 1 is 1.11 bits per heavy atom. The number of methoxy groups -OCH3 is 1. The molecule has 0 fully saturated rings. The number of fused-ring (bicyclic) bond motifs is 1. The molecule has 1 unspecified atom stereocenters. The predicted molar refractivity (Wildman–Crippen MR) is 78.3 cm³/mol. The molecule has 1 aliphatic rings. The monoisotopic (exact) mass is 253 g/mol. The molecule has 0 saturated carbocycles. The molecule has 2 N–H and O–H groups in total. The Hall–Kier alpha value is -1.80. The van der Waals surface area contributed by atoms with Crippen LogP contribution in [0.1, 0.15) is 30.0 Å². The minimum Gasteiger partial charge on any atom is -0.497 e. The van der Waals surface area contributed by atoms with E-state index in [4.69, 9.17) is 10.5 Å². The maximum absolute atomic E-state index is 6.22. The van der Waals surface area contributed by atoms with Crippen molar-refractivity contribution in [3.8, 4) is 16.9 Å². The summed E-state index contributed by atoms with van der Waals surface area (Å²) in [6.45, 7) is 0. The van der Waals surface area contributed by atoms with Crippen molar-refractivity contribution in [3.63, 3.8) is 0 Å². The largest absolute Gasteiger partial charge is 0.497 e. The fourth-order valence-electron chi connectivity index (χ4n) is 2.82. The molecule has 1 atom stereocenters. The number of rotatable bonds is 2. The molecule has 0 heterocycles. The van der Waals surface area contributed by atoms with Crippen molar-refractivity contribution in [1.82, 2.24) is 0 Å². The highest BCUT2D eigenvalue weighted by atomic mass is 16.5. The van der Waals surface area contributed by atoms with Crippen LogP contribution >= 0.6 is 0 Å². The molecule has 19 heavy (non-hydrogen) atoms. The molecule has 2 heteroatoms. The first-order valence-electron chi connectivity index (χ1n) is 6.81.